The van der Waals surface area contributed by atoms with E-state index in [2.05, 4.69) is 0 Å². The minimum Gasteiger partial charge on any atom is -0.497 e. The Morgan fingerprint density at radius 2 is 1.95 bits per heavy atom. The number of aliphatic hydroxyl groups excluding tert-OH is 2. The maximum Gasteiger partial charge on any atom is 0.118 e. The third kappa shape index (κ3) is 5.33. The van der Waals surface area contributed by atoms with Crippen molar-refractivity contribution in [1.82, 2.24) is 0 Å². The van der Waals surface area contributed by atoms with E-state index in [4.69, 9.17) is 14.6 Å². The Bertz CT molecular complexity index is 411. The SMILES string of the molecule is COc1ccc(COC/C=C(\C)[C@H](O)[C@@H](C)CO)cc1. The zero-order valence-electron chi connectivity index (χ0n) is 12.4. The van der Waals surface area contributed by atoms with Gasteiger partial charge < -0.3 is 19.7 Å². The summed E-state index contributed by atoms with van der Waals surface area (Å²) >= 11 is 0. The van der Waals surface area contributed by atoms with Crippen LogP contribution in [0, 0.1) is 5.92 Å². The standard InChI is InChI=1S/C16H24O4/c1-12(16(18)13(2)10-17)8-9-20-11-14-4-6-15(19-3)7-5-14/h4-8,13,16-18H,9-11H2,1-3H3/b12-8+/t13-,16-/m0/s1. The molecule has 1 aromatic carbocycles. The average molecular weight is 280 g/mol. The molecule has 0 radical (unpaired) electrons. The number of hydrogen-bond acceptors (Lipinski definition) is 4. The molecule has 2 atom stereocenters. The van der Waals surface area contributed by atoms with E-state index >= 15 is 0 Å². The van der Waals surface area contributed by atoms with Crippen molar-refractivity contribution in [2.75, 3.05) is 20.3 Å². The lowest BCUT2D eigenvalue weighted by atomic mass is 9.99. The van der Waals surface area contributed by atoms with Gasteiger partial charge in [-0.1, -0.05) is 25.1 Å². The van der Waals surface area contributed by atoms with Crippen molar-refractivity contribution in [3.8, 4) is 5.75 Å². The summed E-state index contributed by atoms with van der Waals surface area (Å²) in [6, 6.07) is 7.70. The molecule has 1 rings (SSSR count). The third-order valence-corrected chi connectivity index (χ3v) is 3.24. The molecule has 2 N–H and O–H groups in total. The summed E-state index contributed by atoms with van der Waals surface area (Å²) < 4.78 is 10.6. The van der Waals surface area contributed by atoms with Gasteiger partial charge in [0.25, 0.3) is 0 Å². The molecule has 0 spiro atoms. The fourth-order valence-electron chi connectivity index (χ4n) is 1.76. The Balaban J connectivity index is 2.36. The Morgan fingerprint density at radius 1 is 1.30 bits per heavy atom. The van der Waals surface area contributed by atoms with Crippen molar-refractivity contribution in [2.45, 2.75) is 26.6 Å². The maximum atomic E-state index is 9.86. The van der Waals surface area contributed by atoms with Crippen LogP contribution in [0.3, 0.4) is 0 Å². The van der Waals surface area contributed by atoms with Crippen molar-refractivity contribution in [1.29, 1.82) is 0 Å². The third-order valence-electron chi connectivity index (χ3n) is 3.24. The Morgan fingerprint density at radius 3 is 2.50 bits per heavy atom. The minimum absolute atomic E-state index is 0.0287. The first kappa shape index (κ1) is 16.7. The predicted octanol–water partition coefficient (Wildman–Crippen LogP) is 2.15. The van der Waals surface area contributed by atoms with Gasteiger partial charge >= 0.3 is 0 Å². The van der Waals surface area contributed by atoms with Gasteiger partial charge in [0, 0.05) is 12.5 Å². The smallest absolute Gasteiger partial charge is 0.118 e. The van der Waals surface area contributed by atoms with E-state index in [1.807, 2.05) is 37.3 Å². The van der Waals surface area contributed by atoms with Gasteiger partial charge in [-0.15, -0.1) is 0 Å². The van der Waals surface area contributed by atoms with Crippen LogP contribution in [-0.4, -0.2) is 36.6 Å². The predicted molar refractivity (Wildman–Crippen MR) is 78.7 cm³/mol. The van der Waals surface area contributed by atoms with Gasteiger partial charge in [0.1, 0.15) is 5.75 Å². The van der Waals surface area contributed by atoms with E-state index < -0.39 is 6.10 Å². The fraction of sp³-hybridized carbons (Fsp3) is 0.500. The van der Waals surface area contributed by atoms with Crippen molar-refractivity contribution in [3.63, 3.8) is 0 Å². The molecule has 112 valence electrons. The minimum atomic E-state index is -0.621. The molecule has 20 heavy (non-hydrogen) atoms. The van der Waals surface area contributed by atoms with E-state index in [1.165, 1.54) is 0 Å². The summed E-state index contributed by atoms with van der Waals surface area (Å²) in [4.78, 5) is 0. The van der Waals surface area contributed by atoms with Gasteiger partial charge in [-0.2, -0.15) is 0 Å². The lowest BCUT2D eigenvalue weighted by Crippen LogP contribution is -2.22. The van der Waals surface area contributed by atoms with E-state index in [-0.39, 0.29) is 12.5 Å². The van der Waals surface area contributed by atoms with E-state index in [9.17, 15) is 5.11 Å². The summed E-state index contributed by atoms with van der Waals surface area (Å²) in [5.41, 5.74) is 1.89. The molecule has 0 amide bonds. The topological polar surface area (TPSA) is 58.9 Å². The van der Waals surface area contributed by atoms with Crippen LogP contribution in [-0.2, 0) is 11.3 Å². The van der Waals surface area contributed by atoms with E-state index in [0.29, 0.717) is 13.2 Å². The highest BCUT2D eigenvalue weighted by molar-refractivity contribution is 5.26. The number of aliphatic hydroxyl groups is 2. The molecule has 0 aliphatic carbocycles. The number of benzene rings is 1. The van der Waals surface area contributed by atoms with Gasteiger partial charge in [0.2, 0.25) is 0 Å². The molecule has 0 unspecified atom stereocenters. The first-order valence-electron chi connectivity index (χ1n) is 6.74. The molecular formula is C16H24O4. The average Bonchev–Trinajstić information content (AvgIpc) is 2.50. The van der Waals surface area contributed by atoms with E-state index in [0.717, 1.165) is 16.9 Å². The summed E-state index contributed by atoms with van der Waals surface area (Å²) in [6.45, 7) is 4.57. The van der Waals surface area contributed by atoms with E-state index in [1.54, 1.807) is 14.0 Å². The summed E-state index contributed by atoms with van der Waals surface area (Å²) in [7, 11) is 1.64. The van der Waals surface area contributed by atoms with Crippen LogP contribution in [0.4, 0.5) is 0 Å². The first-order valence-corrected chi connectivity index (χ1v) is 6.74. The van der Waals surface area contributed by atoms with Crippen LogP contribution in [0.1, 0.15) is 19.4 Å². The Labute approximate surface area is 120 Å². The van der Waals surface area contributed by atoms with Crippen molar-refractivity contribution in [2.24, 2.45) is 5.92 Å². The first-order chi connectivity index (χ1) is 9.58. The highest BCUT2D eigenvalue weighted by Crippen LogP contribution is 2.13. The second-order valence-corrected chi connectivity index (χ2v) is 4.92. The highest BCUT2D eigenvalue weighted by Gasteiger charge is 2.14. The molecule has 1 aromatic rings. The van der Waals surface area contributed by atoms with Crippen LogP contribution in [0.15, 0.2) is 35.9 Å². The van der Waals surface area contributed by atoms with Crippen LogP contribution < -0.4 is 4.74 Å². The Hall–Kier alpha value is -1.36. The molecule has 0 saturated heterocycles. The zero-order valence-corrected chi connectivity index (χ0v) is 12.4. The molecule has 0 aromatic heterocycles. The molecule has 0 aliphatic heterocycles. The van der Waals surface area contributed by atoms with Gasteiger partial charge in [-0.05, 0) is 30.2 Å². The number of rotatable bonds is 8. The van der Waals surface area contributed by atoms with Gasteiger partial charge in [-0.3, -0.25) is 0 Å². The summed E-state index contributed by atoms with van der Waals surface area (Å²) in [5.74, 6) is 0.665. The summed E-state index contributed by atoms with van der Waals surface area (Å²) in [6.07, 6.45) is 1.23. The quantitative estimate of drug-likeness (QED) is 0.566. The second-order valence-electron chi connectivity index (χ2n) is 4.92. The molecule has 0 aliphatic rings. The number of methoxy groups -OCH3 is 1. The van der Waals surface area contributed by atoms with Gasteiger partial charge in [-0.25, -0.2) is 0 Å². The fourth-order valence-corrected chi connectivity index (χ4v) is 1.76. The van der Waals surface area contributed by atoms with Crippen LogP contribution >= 0.6 is 0 Å². The van der Waals surface area contributed by atoms with Crippen LogP contribution in [0.25, 0.3) is 0 Å². The highest BCUT2D eigenvalue weighted by atomic mass is 16.5. The monoisotopic (exact) mass is 280 g/mol. The number of hydrogen-bond donors (Lipinski definition) is 2. The maximum absolute atomic E-state index is 9.86. The molecule has 0 saturated carbocycles. The van der Waals surface area contributed by atoms with Crippen LogP contribution in [0.2, 0.25) is 0 Å². The molecule has 0 heterocycles. The van der Waals surface area contributed by atoms with Crippen molar-refractivity contribution in [3.05, 3.63) is 41.5 Å². The van der Waals surface area contributed by atoms with Crippen molar-refractivity contribution >= 4 is 0 Å². The Kier molecular flexibility index (Phi) is 7.30. The molecule has 4 heteroatoms. The zero-order chi connectivity index (χ0) is 15.0. The lowest BCUT2D eigenvalue weighted by molar-refractivity contribution is 0.101. The number of ether oxygens (including phenoxy) is 2. The largest absolute Gasteiger partial charge is 0.497 e. The van der Waals surface area contributed by atoms with Crippen molar-refractivity contribution < 1.29 is 19.7 Å². The van der Waals surface area contributed by atoms with Gasteiger partial charge in [0.15, 0.2) is 0 Å². The van der Waals surface area contributed by atoms with Gasteiger partial charge in [0.05, 0.1) is 26.4 Å². The molecule has 4 nitrogen and oxygen atoms in total. The normalized spacial score (nSPS) is 14.9. The van der Waals surface area contributed by atoms with Crippen LogP contribution in [0.5, 0.6) is 5.75 Å². The second kappa shape index (κ2) is 8.74. The molecular weight excluding hydrogens is 256 g/mol. The molecule has 0 fully saturated rings. The molecule has 0 bridgehead atoms. The summed E-state index contributed by atoms with van der Waals surface area (Å²) in [5, 5.41) is 18.9. The lowest BCUT2D eigenvalue weighted by Gasteiger charge is -2.17.